The highest BCUT2D eigenvalue weighted by atomic mass is 32.2. The second-order valence-corrected chi connectivity index (χ2v) is 8.05. The van der Waals surface area contributed by atoms with Gasteiger partial charge in [0.05, 0.1) is 11.2 Å². The van der Waals surface area contributed by atoms with Crippen molar-refractivity contribution < 1.29 is 31.9 Å². The van der Waals surface area contributed by atoms with Gasteiger partial charge in [-0.2, -0.15) is 0 Å². The van der Waals surface area contributed by atoms with Crippen molar-refractivity contribution in [2.75, 3.05) is 26.3 Å². The van der Waals surface area contributed by atoms with E-state index in [9.17, 15) is 18.0 Å². The van der Waals surface area contributed by atoms with Gasteiger partial charge in [0, 0.05) is 19.2 Å². The second kappa shape index (κ2) is 8.34. The van der Waals surface area contributed by atoms with Gasteiger partial charge in [-0.25, -0.2) is 8.42 Å². The van der Waals surface area contributed by atoms with Gasteiger partial charge < -0.3 is 24.5 Å². The molecule has 0 bridgehead atoms. The van der Waals surface area contributed by atoms with Crippen molar-refractivity contribution in [2.24, 2.45) is 0 Å². The molecule has 150 valence electrons. The molecule has 1 aromatic heterocycles. The maximum atomic E-state index is 13.2. The molecule has 0 unspecified atom stereocenters. The molecule has 1 aliphatic heterocycles. The first-order chi connectivity index (χ1) is 13.4. The van der Waals surface area contributed by atoms with Gasteiger partial charge in [0.15, 0.2) is 21.3 Å². The van der Waals surface area contributed by atoms with Gasteiger partial charge in [0.1, 0.15) is 24.2 Å². The summed E-state index contributed by atoms with van der Waals surface area (Å²) in [5, 5.41) is 3.48. The van der Waals surface area contributed by atoms with Crippen LogP contribution < -0.4 is 20.1 Å². The van der Waals surface area contributed by atoms with Gasteiger partial charge >= 0.3 is 11.8 Å². The third-order valence-electron chi connectivity index (χ3n) is 4.07. The van der Waals surface area contributed by atoms with Gasteiger partial charge in [-0.15, -0.1) is 0 Å². The van der Waals surface area contributed by atoms with E-state index >= 15 is 0 Å². The van der Waals surface area contributed by atoms with Crippen LogP contribution in [0.5, 0.6) is 11.5 Å². The fourth-order valence-corrected chi connectivity index (χ4v) is 4.31. The molecule has 1 atom stereocenters. The van der Waals surface area contributed by atoms with Gasteiger partial charge in [-0.1, -0.05) is 0 Å². The van der Waals surface area contributed by atoms with Crippen LogP contribution in [0, 0.1) is 0 Å². The Bertz CT molecular complexity index is 954. The summed E-state index contributed by atoms with van der Waals surface area (Å²) < 4.78 is 42.6. The number of carbonyl (C=O) groups excluding carboxylic acids is 2. The number of fused-ring (bicyclic) bond motifs is 1. The second-order valence-electron chi connectivity index (χ2n) is 5.92. The van der Waals surface area contributed by atoms with Crippen LogP contribution in [0.2, 0.25) is 0 Å². The lowest BCUT2D eigenvalue weighted by Crippen LogP contribution is -2.42. The topological polar surface area (TPSA) is 124 Å². The number of hydrogen-bond donors (Lipinski definition) is 2. The van der Waals surface area contributed by atoms with E-state index in [1.54, 1.807) is 13.0 Å². The van der Waals surface area contributed by atoms with Crippen molar-refractivity contribution in [1.29, 1.82) is 0 Å². The first-order valence-electron chi connectivity index (χ1n) is 8.66. The van der Waals surface area contributed by atoms with Crippen molar-refractivity contribution in [3.8, 4) is 11.5 Å². The lowest BCUT2D eigenvalue weighted by atomic mass is 10.3. The number of ether oxygens (including phenoxy) is 2. The molecule has 0 radical (unpaired) electrons. The Kier molecular flexibility index (Phi) is 5.88. The smallest absolute Gasteiger partial charge is 0.309 e. The van der Waals surface area contributed by atoms with Crippen molar-refractivity contribution in [3.05, 3.63) is 42.4 Å². The number of amides is 2. The summed E-state index contributed by atoms with van der Waals surface area (Å²) in [5.74, 6) is -0.819. The van der Waals surface area contributed by atoms with Crippen molar-refractivity contribution >= 4 is 21.7 Å². The Labute approximate surface area is 161 Å². The van der Waals surface area contributed by atoms with E-state index in [0.717, 1.165) is 0 Å². The molecule has 0 saturated heterocycles. The lowest BCUT2D eigenvalue weighted by molar-refractivity contribution is -0.139. The number of rotatable bonds is 6. The summed E-state index contributed by atoms with van der Waals surface area (Å²) in [6, 6.07) is 7.36. The highest BCUT2D eigenvalue weighted by Gasteiger charge is 2.33. The molecule has 0 aliphatic carbocycles. The van der Waals surface area contributed by atoms with Crippen LogP contribution in [-0.4, -0.2) is 46.5 Å². The van der Waals surface area contributed by atoms with E-state index in [-0.39, 0.29) is 23.7 Å². The quantitative estimate of drug-likeness (QED) is 0.678. The fourth-order valence-electron chi connectivity index (χ4n) is 2.71. The normalized spacial score (nSPS) is 14.2. The van der Waals surface area contributed by atoms with Gasteiger partial charge in [-0.05, 0) is 31.2 Å². The van der Waals surface area contributed by atoms with Crippen molar-refractivity contribution in [3.63, 3.8) is 0 Å². The SMILES string of the molecule is CCNC(=O)C(=O)NC[C@@H](c1ccco1)S(=O)(=O)c1ccc2c(c1)OCCO2. The Balaban J connectivity index is 1.87. The van der Waals surface area contributed by atoms with E-state index in [4.69, 9.17) is 13.9 Å². The van der Waals surface area contributed by atoms with E-state index in [1.807, 2.05) is 0 Å². The zero-order valence-corrected chi connectivity index (χ0v) is 16.0. The molecular formula is C18H20N2O7S. The molecular weight excluding hydrogens is 388 g/mol. The molecule has 2 heterocycles. The molecule has 1 aliphatic rings. The Hall–Kier alpha value is -3.01. The Morgan fingerprint density at radius 1 is 1.07 bits per heavy atom. The summed E-state index contributed by atoms with van der Waals surface area (Å²) in [4.78, 5) is 23.5. The molecule has 28 heavy (non-hydrogen) atoms. The fraction of sp³-hybridized carbons (Fsp3) is 0.333. The number of furan rings is 1. The summed E-state index contributed by atoms with van der Waals surface area (Å²) >= 11 is 0. The molecule has 2 aromatic rings. The Morgan fingerprint density at radius 3 is 2.46 bits per heavy atom. The van der Waals surface area contributed by atoms with Crippen molar-refractivity contribution in [1.82, 2.24) is 10.6 Å². The standard InChI is InChI=1S/C18H20N2O7S/c1-2-19-17(21)18(22)20-11-16(14-4-3-7-25-14)28(23,24)12-5-6-13-15(10-12)27-9-8-26-13/h3-7,10,16H,2,8-9,11H2,1H3,(H,19,21)(H,20,22)/t16-/m0/s1. The summed E-state index contributed by atoms with van der Waals surface area (Å²) in [6.45, 7) is 2.33. The average molecular weight is 408 g/mol. The number of likely N-dealkylation sites (N-methyl/N-ethyl adjacent to an activating group) is 1. The Morgan fingerprint density at radius 2 is 1.79 bits per heavy atom. The van der Waals surface area contributed by atoms with Crippen molar-refractivity contribution in [2.45, 2.75) is 17.1 Å². The zero-order valence-electron chi connectivity index (χ0n) is 15.1. The predicted octanol–water partition coefficient (Wildman–Crippen LogP) is 0.818. The maximum Gasteiger partial charge on any atom is 0.309 e. The number of hydrogen-bond acceptors (Lipinski definition) is 7. The van der Waals surface area contributed by atoms with E-state index in [2.05, 4.69) is 10.6 Å². The number of carbonyl (C=O) groups is 2. The van der Waals surface area contributed by atoms with Gasteiger partial charge in [0.2, 0.25) is 0 Å². The molecule has 9 nitrogen and oxygen atoms in total. The summed E-state index contributed by atoms with van der Waals surface area (Å²) in [5.41, 5.74) is 0. The number of benzene rings is 1. The molecule has 3 rings (SSSR count). The minimum atomic E-state index is -3.97. The van der Waals surface area contributed by atoms with Crippen LogP contribution in [0.3, 0.4) is 0 Å². The first-order valence-corrected chi connectivity index (χ1v) is 10.2. The zero-order chi connectivity index (χ0) is 20.1. The molecule has 2 amide bonds. The molecule has 2 N–H and O–H groups in total. The van der Waals surface area contributed by atoms with Crippen LogP contribution in [-0.2, 0) is 19.4 Å². The number of nitrogens with one attached hydrogen (secondary N) is 2. The summed E-state index contributed by atoms with van der Waals surface area (Å²) in [7, 11) is -3.97. The highest BCUT2D eigenvalue weighted by Crippen LogP contribution is 2.36. The third kappa shape index (κ3) is 4.11. The maximum absolute atomic E-state index is 13.2. The average Bonchev–Trinajstić information content (AvgIpc) is 3.22. The minimum absolute atomic E-state index is 0.00888. The molecule has 0 saturated carbocycles. The van der Waals surface area contributed by atoms with Gasteiger partial charge in [-0.3, -0.25) is 9.59 Å². The molecule has 0 spiro atoms. The minimum Gasteiger partial charge on any atom is -0.486 e. The molecule has 1 aromatic carbocycles. The highest BCUT2D eigenvalue weighted by molar-refractivity contribution is 7.91. The lowest BCUT2D eigenvalue weighted by Gasteiger charge is -2.20. The van der Waals surface area contributed by atoms with E-state index in [1.165, 1.54) is 30.5 Å². The summed E-state index contributed by atoms with van der Waals surface area (Å²) in [6.07, 6.45) is 1.34. The van der Waals surface area contributed by atoms with E-state index in [0.29, 0.717) is 24.7 Å². The monoisotopic (exact) mass is 408 g/mol. The number of sulfone groups is 1. The van der Waals surface area contributed by atoms with Crippen LogP contribution in [0.1, 0.15) is 17.9 Å². The predicted molar refractivity (Wildman–Crippen MR) is 97.8 cm³/mol. The molecule has 0 fully saturated rings. The van der Waals surface area contributed by atoms with Crippen LogP contribution in [0.15, 0.2) is 45.9 Å². The largest absolute Gasteiger partial charge is 0.486 e. The van der Waals surface area contributed by atoms with Crippen LogP contribution in [0.4, 0.5) is 0 Å². The first kappa shape index (κ1) is 19.7. The van der Waals surface area contributed by atoms with E-state index < -0.39 is 26.9 Å². The molecule has 10 heteroatoms. The third-order valence-corrected chi connectivity index (χ3v) is 6.13. The van der Waals surface area contributed by atoms with Crippen LogP contribution in [0.25, 0.3) is 0 Å². The van der Waals surface area contributed by atoms with Gasteiger partial charge in [0.25, 0.3) is 0 Å². The van der Waals surface area contributed by atoms with Crippen LogP contribution >= 0.6 is 0 Å².